The Balaban J connectivity index is 0.000000389. The van der Waals surface area contributed by atoms with Crippen molar-refractivity contribution in [3.05, 3.63) is 75.3 Å². The van der Waals surface area contributed by atoms with Crippen molar-refractivity contribution in [1.82, 2.24) is 25.1 Å². The molecule has 3 aromatic rings. The maximum Gasteiger partial charge on any atom is 0.425 e. The van der Waals surface area contributed by atoms with Crippen LogP contribution in [0.5, 0.6) is 5.75 Å². The second kappa shape index (κ2) is 14.3. The van der Waals surface area contributed by atoms with Gasteiger partial charge in [-0.2, -0.15) is 18.3 Å². The van der Waals surface area contributed by atoms with Gasteiger partial charge in [0.1, 0.15) is 12.0 Å². The molecule has 2 unspecified atom stereocenters. The summed E-state index contributed by atoms with van der Waals surface area (Å²) in [5.74, 6) is -1.65. The van der Waals surface area contributed by atoms with Crippen LogP contribution >= 0.6 is 0 Å². The normalized spacial score (nSPS) is 12.9. The number of aromatic amines is 1. The highest BCUT2D eigenvalue weighted by molar-refractivity contribution is 5.84. The molecule has 0 amide bonds. The number of H-pyrrole nitrogens is 1. The molecular formula is C26H28F5N5O4. The number of nitrogens with zero attached hydrogens (tertiary/aromatic N) is 4. The molecule has 3 N–H and O–H groups in total. The average molecular weight is 570 g/mol. The third kappa shape index (κ3) is 8.93. The summed E-state index contributed by atoms with van der Waals surface area (Å²) in [6.07, 6.45) is 1.97. The van der Waals surface area contributed by atoms with E-state index in [2.05, 4.69) is 15.1 Å². The van der Waals surface area contributed by atoms with Crippen LogP contribution in [0.1, 0.15) is 59.8 Å². The molecule has 0 aliphatic rings. The minimum atomic E-state index is -4.86. The lowest BCUT2D eigenvalue weighted by Gasteiger charge is -2.17. The minimum absolute atomic E-state index is 0.138. The summed E-state index contributed by atoms with van der Waals surface area (Å²) in [4.78, 5) is 31.7. The first-order valence-corrected chi connectivity index (χ1v) is 11.9. The van der Waals surface area contributed by atoms with E-state index in [-0.39, 0.29) is 23.5 Å². The van der Waals surface area contributed by atoms with Crippen molar-refractivity contribution in [2.24, 2.45) is 0 Å². The van der Waals surface area contributed by atoms with Gasteiger partial charge >= 0.3 is 6.18 Å². The number of carbonyl (C=O) groups excluding carboxylic acids is 1. The van der Waals surface area contributed by atoms with Gasteiger partial charge in [0.15, 0.2) is 23.4 Å². The van der Waals surface area contributed by atoms with Crippen molar-refractivity contribution < 1.29 is 37.0 Å². The fourth-order valence-corrected chi connectivity index (χ4v) is 3.36. The van der Waals surface area contributed by atoms with Crippen molar-refractivity contribution in [2.75, 3.05) is 13.6 Å². The van der Waals surface area contributed by atoms with Gasteiger partial charge in [-0.05, 0) is 43.3 Å². The SMILES string of the molecule is CCCC(F)CN(C)/C=C\c1cc(-c2ncc(C(C)O)cn2)c(F)cc1C=O.O=c1[nH]ncc(O)c1C(F)(F)F. The molecule has 0 aliphatic heterocycles. The summed E-state index contributed by atoms with van der Waals surface area (Å²) in [6.45, 7) is 3.74. The number of aliphatic hydroxyl groups is 1. The van der Waals surface area contributed by atoms with Crippen LogP contribution in [0.4, 0.5) is 22.0 Å². The monoisotopic (exact) mass is 569 g/mol. The van der Waals surface area contributed by atoms with E-state index in [1.807, 2.05) is 6.92 Å². The number of aromatic nitrogens is 4. The van der Waals surface area contributed by atoms with Gasteiger partial charge in [-0.3, -0.25) is 9.59 Å². The first-order chi connectivity index (χ1) is 18.8. The van der Waals surface area contributed by atoms with Crippen molar-refractivity contribution in [1.29, 1.82) is 0 Å². The molecule has 2 heterocycles. The molecule has 14 heteroatoms. The third-order valence-corrected chi connectivity index (χ3v) is 5.41. The number of halogens is 5. The molecule has 0 radical (unpaired) electrons. The Morgan fingerprint density at radius 3 is 2.30 bits per heavy atom. The van der Waals surface area contributed by atoms with E-state index in [9.17, 15) is 36.6 Å². The number of benzene rings is 1. The lowest BCUT2D eigenvalue weighted by Crippen LogP contribution is -2.22. The van der Waals surface area contributed by atoms with Crippen LogP contribution in [0.25, 0.3) is 17.5 Å². The summed E-state index contributed by atoms with van der Waals surface area (Å²) in [5, 5.41) is 22.7. The van der Waals surface area contributed by atoms with Gasteiger partial charge < -0.3 is 15.1 Å². The lowest BCUT2D eigenvalue weighted by atomic mass is 10.0. The molecular weight excluding hydrogens is 541 g/mol. The van der Waals surface area contributed by atoms with Crippen LogP contribution in [0.2, 0.25) is 0 Å². The van der Waals surface area contributed by atoms with E-state index >= 15 is 0 Å². The molecule has 2 atom stereocenters. The molecule has 9 nitrogen and oxygen atoms in total. The van der Waals surface area contributed by atoms with E-state index in [1.54, 1.807) is 36.2 Å². The molecule has 1 aromatic carbocycles. The van der Waals surface area contributed by atoms with Crippen LogP contribution in [0, 0.1) is 5.82 Å². The summed E-state index contributed by atoms with van der Waals surface area (Å²) < 4.78 is 63.9. The maximum atomic E-state index is 14.4. The number of hydrogen-bond donors (Lipinski definition) is 3. The number of rotatable bonds is 9. The Morgan fingerprint density at radius 1 is 1.15 bits per heavy atom. The summed E-state index contributed by atoms with van der Waals surface area (Å²) in [5.41, 5.74) is -1.77. The van der Waals surface area contributed by atoms with Gasteiger partial charge in [-0.1, -0.05) is 13.3 Å². The van der Waals surface area contributed by atoms with Crippen molar-refractivity contribution in [3.63, 3.8) is 0 Å². The largest absolute Gasteiger partial charge is 0.505 e. The standard InChI is InChI=1S/C21H25F2N3O2.C5H3F3N2O2/c1-4-5-18(22)12-26(3)7-6-15-8-19(20(23)9-16(15)13-27)21-24-10-17(11-25-21)14(2)28;6-5(7,8)3-2(11)1-9-10-4(3)12/h6-11,13-14,18,28H,4-5,12H2,1-3H3;1H,(H2,10,11,12)/b7-6-;. The third-order valence-electron chi connectivity index (χ3n) is 5.41. The molecule has 0 aliphatic carbocycles. The Hall–Kier alpha value is -4.20. The number of aromatic hydroxyl groups is 1. The van der Waals surface area contributed by atoms with Crippen LogP contribution in [-0.2, 0) is 6.18 Å². The molecule has 0 fully saturated rings. The molecule has 2 aromatic heterocycles. The van der Waals surface area contributed by atoms with Crippen LogP contribution in [0.3, 0.4) is 0 Å². The van der Waals surface area contributed by atoms with E-state index in [1.165, 1.54) is 18.5 Å². The first kappa shape index (κ1) is 32.0. The summed E-state index contributed by atoms with van der Waals surface area (Å²) >= 11 is 0. The smallest absolute Gasteiger partial charge is 0.425 e. The first-order valence-electron chi connectivity index (χ1n) is 11.9. The fraction of sp³-hybridized carbons (Fsp3) is 0.346. The fourth-order valence-electron chi connectivity index (χ4n) is 3.36. The van der Waals surface area contributed by atoms with Crippen LogP contribution in [0.15, 0.2) is 41.7 Å². The maximum absolute atomic E-state index is 14.4. The number of aliphatic hydroxyl groups excluding tert-OH is 1. The molecule has 0 bridgehead atoms. The van der Waals surface area contributed by atoms with Crippen molar-refractivity contribution in [3.8, 4) is 17.1 Å². The number of hydrogen-bond acceptors (Lipinski definition) is 8. The van der Waals surface area contributed by atoms with Gasteiger partial charge in [0, 0.05) is 37.1 Å². The quantitative estimate of drug-likeness (QED) is 0.250. The topological polar surface area (TPSA) is 132 Å². The lowest BCUT2D eigenvalue weighted by molar-refractivity contribution is -0.140. The Labute approximate surface area is 226 Å². The predicted molar refractivity (Wildman–Crippen MR) is 136 cm³/mol. The number of nitrogens with one attached hydrogen (secondary N) is 1. The molecule has 0 saturated carbocycles. The molecule has 0 spiro atoms. The van der Waals surface area contributed by atoms with Gasteiger partial charge in [-0.25, -0.2) is 23.8 Å². The van der Waals surface area contributed by atoms with E-state index in [0.717, 1.165) is 12.5 Å². The highest BCUT2D eigenvalue weighted by Gasteiger charge is 2.37. The molecule has 40 heavy (non-hydrogen) atoms. The molecule has 216 valence electrons. The van der Waals surface area contributed by atoms with Crippen LogP contribution < -0.4 is 5.56 Å². The highest BCUT2D eigenvalue weighted by atomic mass is 19.4. The Kier molecular flexibility index (Phi) is 11.4. The molecule has 3 rings (SSSR count). The van der Waals surface area contributed by atoms with E-state index < -0.39 is 41.1 Å². The van der Waals surface area contributed by atoms with Crippen molar-refractivity contribution >= 4 is 12.4 Å². The zero-order valence-corrected chi connectivity index (χ0v) is 21.8. The number of aldehydes is 1. The van der Waals surface area contributed by atoms with Crippen LogP contribution in [-0.4, -0.2) is 61.3 Å². The minimum Gasteiger partial charge on any atom is -0.505 e. The zero-order chi connectivity index (χ0) is 30.0. The van der Waals surface area contributed by atoms with Crippen molar-refractivity contribution in [2.45, 2.75) is 45.1 Å². The van der Waals surface area contributed by atoms with Gasteiger partial charge in [-0.15, -0.1) is 0 Å². The summed E-state index contributed by atoms with van der Waals surface area (Å²) in [7, 11) is 1.74. The second-order valence-electron chi connectivity index (χ2n) is 8.69. The van der Waals surface area contributed by atoms with Gasteiger partial charge in [0.25, 0.3) is 5.56 Å². The molecule has 0 saturated heterocycles. The Bertz CT molecular complexity index is 1360. The van der Waals surface area contributed by atoms with E-state index in [4.69, 9.17) is 5.11 Å². The van der Waals surface area contributed by atoms with Gasteiger partial charge in [0.2, 0.25) is 0 Å². The predicted octanol–water partition coefficient (Wildman–Crippen LogP) is 4.68. The highest BCUT2D eigenvalue weighted by Crippen LogP contribution is 2.31. The number of alkyl halides is 4. The second-order valence-corrected chi connectivity index (χ2v) is 8.69. The van der Waals surface area contributed by atoms with E-state index in [0.29, 0.717) is 30.0 Å². The Morgan fingerprint density at radius 2 is 1.80 bits per heavy atom. The number of carbonyl (C=O) groups is 1. The average Bonchev–Trinajstić information content (AvgIpc) is 2.87. The zero-order valence-electron chi connectivity index (χ0n) is 21.8. The summed E-state index contributed by atoms with van der Waals surface area (Å²) in [6, 6.07) is 2.61. The van der Waals surface area contributed by atoms with Gasteiger partial charge in [0.05, 0.1) is 17.9 Å².